The molecule has 0 aliphatic carbocycles. The van der Waals surface area contributed by atoms with Gasteiger partial charge in [0.1, 0.15) is 5.82 Å². The first-order chi connectivity index (χ1) is 9.65. The van der Waals surface area contributed by atoms with Crippen molar-refractivity contribution in [2.75, 3.05) is 5.75 Å². The van der Waals surface area contributed by atoms with Crippen LogP contribution in [0, 0.1) is 5.82 Å². The van der Waals surface area contributed by atoms with Crippen molar-refractivity contribution in [3.8, 4) is 0 Å². The van der Waals surface area contributed by atoms with E-state index in [2.05, 4.69) is 5.32 Å². The maximum Gasteiger partial charge on any atom is 0.217 e. The highest BCUT2D eigenvalue weighted by Crippen LogP contribution is 2.24. The predicted molar refractivity (Wildman–Crippen MR) is 80.1 cm³/mol. The van der Waals surface area contributed by atoms with Gasteiger partial charge in [-0.2, -0.15) is 0 Å². The molecule has 1 amide bonds. The van der Waals surface area contributed by atoms with Crippen LogP contribution >= 0.6 is 11.8 Å². The number of amides is 1. The molecule has 0 spiro atoms. The third-order valence-electron chi connectivity index (χ3n) is 2.81. The summed E-state index contributed by atoms with van der Waals surface area (Å²) >= 11 is 1.66. The number of hydrogen-bond donors (Lipinski definition) is 1. The Hall–Kier alpha value is -1.81. The third kappa shape index (κ3) is 4.38. The molecule has 104 valence electrons. The Balaban J connectivity index is 2.07. The van der Waals surface area contributed by atoms with Crippen LogP contribution in [0.4, 0.5) is 4.39 Å². The number of carbonyl (C=O) groups is 1. The van der Waals surface area contributed by atoms with Gasteiger partial charge in [0.25, 0.3) is 0 Å². The number of thioether (sulfide) groups is 1. The topological polar surface area (TPSA) is 29.1 Å². The zero-order valence-electron chi connectivity index (χ0n) is 11.2. The van der Waals surface area contributed by atoms with E-state index in [0.29, 0.717) is 5.75 Å². The highest BCUT2D eigenvalue weighted by Gasteiger charge is 2.13. The SMILES string of the molecule is CC(=O)NC(CSc1ccccc1)c1ccc(F)cc1. The molecule has 0 heterocycles. The standard InChI is InChI=1S/C16H16FNOS/c1-12(19)18-16(13-7-9-14(17)10-8-13)11-20-15-5-3-2-4-6-15/h2-10,16H,11H2,1H3,(H,18,19). The Kier molecular flexibility index (Phi) is 5.18. The molecule has 4 heteroatoms. The van der Waals surface area contributed by atoms with Crippen LogP contribution in [0.3, 0.4) is 0 Å². The molecular formula is C16H16FNOS. The third-order valence-corrected chi connectivity index (χ3v) is 3.92. The summed E-state index contributed by atoms with van der Waals surface area (Å²) in [5.41, 5.74) is 0.907. The smallest absolute Gasteiger partial charge is 0.217 e. The number of rotatable bonds is 5. The summed E-state index contributed by atoms with van der Waals surface area (Å²) in [5, 5.41) is 2.90. The second kappa shape index (κ2) is 7.10. The Labute approximate surface area is 122 Å². The normalized spacial score (nSPS) is 11.9. The summed E-state index contributed by atoms with van der Waals surface area (Å²) in [6.45, 7) is 1.49. The van der Waals surface area contributed by atoms with Crippen molar-refractivity contribution in [3.63, 3.8) is 0 Å². The van der Waals surface area contributed by atoms with Crippen molar-refractivity contribution in [1.82, 2.24) is 5.32 Å². The van der Waals surface area contributed by atoms with Crippen LogP contribution in [0.25, 0.3) is 0 Å². The van der Waals surface area contributed by atoms with Gasteiger partial charge in [0.05, 0.1) is 6.04 Å². The van der Waals surface area contributed by atoms with Crippen molar-refractivity contribution in [2.24, 2.45) is 0 Å². The molecule has 20 heavy (non-hydrogen) atoms. The fourth-order valence-corrected chi connectivity index (χ4v) is 2.84. The van der Waals surface area contributed by atoms with E-state index in [-0.39, 0.29) is 17.8 Å². The average Bonchev–Trinajstić information content (AvgIpc) is 2.45. The van der Waals surface area contributed by atoms with Crippen LogP contribution < -0.4 is 5.32 Å². The minimum absolute atomic E-state index is 0.0898. The second-order valence-electron chi connectivity index (χ2n) is 4.43. The van der Waals surface area contributed by atoms with Crippen molar-refractivity contribution < 1.29 is 9.18 Å². The van der Waals surface area contributed by atoms with E-state index in [9.17, 15) is 9.18 Å². The number of benzene rings is 2. The van der Waals surface area contributed by atoms with Gasteiger partial charge in [0.15, 0.2) is 0 Å². The van der Waals surface area contributed by atoms with Gasteiger partial charge in [0, 0.05) is 17.6 Å². The lowest BCUT2D eigenvalue weighted by Gasteiger charge is -2.18. The maximum absolute atomic E-state index is 13.0. The molecule has 0 bridgehead atoms. The first-order valence-corrected chi connectivity index (χ1v) is 7.34. The molecule has 0 fully saturated rings. The van der Waals surface area contributed by atoms with Gasteiger partial charge in [-0.1, -0.05) is 30.3 Å². The first-order valence-electron chi connectivity index (χ1n) is 6.35. The van der Waals surface area contributed by atoms with Crippen molar-refractivity contribution in [2.45, 2.75) is 17.9 Å². The van der Waals surface area contributed by atoms with Gasteiger partial charge in [-0.15, -0.1) is 11.8 Å². The van der Waals surface area contributed by atoms with E-state index < -0.39 is 0 Å². The van der Waals surface area contributed by atoms with Crippen LogP contribution in [0.1, 0.15) is 18.5 Å². The van der Waals surface area contributed by atoms with Crippen LogP contribution in [-0.2, 0) is 4.79 Å². The predicted octanol–water partition coefficient (Wildman–Crippen LogP) is 3.80. The van der Waals surface area contributed by atoms with Crippen LogP contribution in [0.2, 0.25) is 0 Å². The number of hydrogen-bond acceptors (Lipinski definition) is 2. The van der Waals surface area contributed by atoms with Crippen molar-refractivity contribution in [3.05, 3.63) is 66.0 Å². The molecule has 2 nitrogen and oxygen atoms in total. The van der Waals surface area contributed by atoms with Gasteiger partial charge in [-0.3, -0.25) is 4.79 Å². The average molecular weight is 289 g/mol. The highest BCUT2D eigenvalue weighted by molar-refractivity contribution is 7.99. The Morgan fingerprint density at radius 3 is 2.40 bits per heavy atom. The molecule has 0 radical (unpaired) electrons. The summed E-state index contributed by atoms with van der Waals surface area (Å²) in [4.78, 5) is 12.5. The van der Waals surface area contributed by atoms with Crippen LogP contribution in [0.15, 0.2) is 59.5 Å². The first kappa shape index (κ1) is 14.6. The molecule has 2 aromatic rings. The van der Waals surface area contributed by atoms with Crippen molar-refractivity contribution in [1.29, 1.82) is 0 Å². The zero-order chi connectivity index (χ0) is 14.4. The molecule has 2 aromatic carbocycles. The number of carbonyl (C=O) groups excluding carboxylic acids is 1. The zero-order valence-corrected chi connectivity index (χ0v) is 12.0. The summed E-state index contributed by atoms with van der Waals surface area (Å²) in [7, 11) is 0. The maximum atomic E-state index is 13.0. The molecule has 1 unspecified atom stereocenters. The summed E-state index contributed by atoms with van der Waals surface area (Å²) < 4.78 is 13.0. The lowest BCUT2D eigenvalue weighted by molar-refractivity contribution is -0.119. The Morgan fingerprint density at radius 2 is 1.80 bits per heavy atom. The van der Waals surface area contributed by atoms with E-state index in [0.717, 1.165) is 10.5 Å². The van der Waals surface area contributed by atoms with Crippen LogP contribution in [0.5, 0.6) is 0 Å². The molecule has 0 aromatic heterocycles. The van der Waals surface area contributed by atoms with E-state index in [1.54, 1.807) is 23.9 Å². The summed E-state index contributed by atoms with van der Waals surface area (Å²) in [6, 6.07) is 16.1. The Morgan fingerprint density at radius 1 is 1.15 bits per heavy atom. The Bertz CT molecular complexity index is 556. The number of halogens is 1. The quantitative estimate of drug-likeness (QED) is 0.848. The number of nitrogens with one attached hydrogen (secondary N) is 1. The minimum Gasteiger partial charge on any atom is -0.349 e. The lowest BCUT2D eigenvalue weighted by atomic mass is 10.1. The highest BCUT2D eigenvalue weighted by atomic mass is 32.2. The molecule has 1 atom stereocenters. The fraction of sp³-hybridized carbons (Fsp3) is 0.188. The van der Waals surface area contributed by atoms with Crippen molar-refractivity contribution >= 4 is 17.7 Å². The molecule has 0 saturated carbocycles. The summed E-state index contributed by atoms with van der Waals surface area (Å²) in [5.74, 6) is 0.342. The largest absolute Gasteiger partial charge is 0.349 e. The molecular weight excluding hydrogens is 273 g/mol. The minimum atomic E-state index is -0.272. The molecule has 2 rings (SSSR count). The van der Waals surface area contributed by atoms with Gasteiger partial charge >= 0.3 is 0 Å². The fourth-order valence-electron chi connectivity index (χ4n) is 1.86. The van der Waals surface area contributed by atoms with Gasteiger partial charge in [0.2, 0.25) is 5.91 Å². The van der Waals surface area contributed by atoms with E-state index >= 15 is 0 Å². The molecule has 0 saturated heterocycles. The molecule has 0 aliphatic rings. The van der Waals surface area contributed by atoms with E-state index in [4.69, 9.17) is 0 Å². The van der Waals surface area contributed by atoms with Gasteiger partial charge in [-0.05, 0) is 29.8 Å². The van der Waals surface area contributed by atoms with Crippen LogP contribution in [-0.4, -0.2) is 11.7 Å². The van der Waals surface area contributed by atoms with E-state index in [1.165, 1.54) is 19.1 Å². The monoisotopic (exact) mass is 289 g/mol. The second-order valence-corrected chi connectivity index (χ2v) is 5.52. The molecule has 0 aliphatic heterocycles. The van der Waals surface area contributed by atoms with Gasteiger partial charge in [-0.25, -0.2) is 4.39 Å². The van der Waals surface area contributed by atoms with E-state index in [1.807, 2.05) is 30.3 Å². The summed E-state index contributed by atoms with van der Waals surface area (Å²) in [6.07, 6.45) is 0. The molecule has 1 N–H and O–H groups in total. The lowest BCUT2D eigenvalue weighted by Crippen LogP contribution is -2.27. The van der Waals surface area contributed by atoms with Gasteiger partial charge < -0.3 is 5.32 Å².